The van der Waals surface area contributed by atoms with Crippen molar-refractivity contribution < 1.29 is 13.2 Å². The Hall–Kier alpha value is -3.07. The van der Waals surface area contributed by atoms with Crippen molar-refractivity contribution in [1.29, 1.82) is 5.26 Å². The minimum atomic E-state index is -4.42. The van der Waals surface area contributed by atoms with E-state index in [9.17, 15) is 18.4 Å². The van der Waals surface area contributed by atoms with Crippen molar-refractivity contribution in [1.82, 2.24) is 9.55 Å². The fourth-order valence-electron chi connectivity index (χ4n) is 2.72. The Balaban J connectivity index is 2.13. The normalized spacial score (nSPS) is 12.4. The summed E-state index contributed by atoms with van der Waals surface area (Å²) in [5.41, 5.74) is 1.40. The van der Waals surface area contributed by atoms with E-state index in [1.54, 1.807) is 0 Å². The van der Waals surface area contributed by atoms with E-state index in [2.05, 4.69) is 11.1 Å². The van der Waals surface area contributed by atoms with Crippen LogP contribution in [0.3, 0.4) is 0 Å². The minimum absolute atomic E-state index is 0.220. The summed E-state index contributed by atoms with van der Waals surface area (Å²) in [6, 6.07) is 14.4. The van der Waals surface area contributed by atoms with Crippen LogP contribution in [0.1, 0.15) is 23.9 Å². The minimum Gasteiger partial charge on any atom is -0.324 e. The summed E-state index contributed by atoms with van der Waals surface area (Å²) in [4.78, 5) is 4.47. The van der Waals surface area contributed by atoms with Gasteiger partial charge in [0.2, 0.25) is 0 Å². The monoisotopic (exact) mass is 341 g/mol. The predicted octanol–water partition coefficient (Wildman–Crippen LogP) is 5.14. The maximum Gasteiger partial charge on any atom is 0.416 e. The van der Waals surface area contributed by atoms with Crippen LogP contribution in [-0.2, 0) is 12.7 Å². The van der Waals surface area contributed by atoms with Crippen molar-refractivity contribution in [3.8, 4) is 6.07 Å². The summed E-state index contributed by atoms with van der Waals surface area (Å²) < 4.78 is 40.5. The second-order valence-corrected chi connectivity index (χ2v) is 5.46. The Morgan fingerprint density at radius 2 is 1.96 bits per heavy atom. The van der Waals surface area contributed by atoms with Crippen LogP contribution in [0.5, 0.6) is 0 Å². The number of nitriles is 1. The highest BCUT2D eigenvalue weighted by Crippen LogP contribution is 2.30. The van der Waals surface area contributed by atoms with Crippen molar-refractivity contribution in [2.45, 2.75) is 19.6 Å². The quantitative estimate of drug-likeness (QED) is 0.619. The molecule has 0 saturated heterocycles. The average molecular weight is 341 g/mol. The van der Waals surface area contributed by atoms with E-state index in [0.29, 0.717) is 17.9 Å². The van der Waals surface area contributed by atoms with E-state index in [1.165, 1.54) is 18.2 Å². The zero-order valence-electron chi connectivity index (χ0n) is 13.4. The number of aryl methyl sites for hydroxylation is 1. The highest BCUT2D eigenvalue weighted by atomic mass is 19.4. The molecule has 25 heavy (non-hydrogen) atoms. The van der Waals surface area contributed by atoms with Crippen molar-refractivity contribution in [3.63, 3.8) is 0 Å². The molecule has 126 valence electrons. The summed E-state index contributed by atoms with van der Waals surface area (Å²) in [6.45, 7) is 2.52. The van der Waals surface area contributed by atoms with Crippen molar-refractivity contribution in [3.05, 3.63) is 65.5 Å². The molecule has 0 saturated carbocycles. The van der Waals surface area contributed by atoms with Gasteiger partial charge in [-0.3, -0.25) is 0 Å². The number of hydrogen-bond donors (Lipinski definition) is 0. The van der Waals surface area contributed by atoms with Gasteiger partial charge >= 0.3 is 6.18 Å². The van der Waals surface area contributed by atoms with Gasteiger partial charge in [0, 0.05) is 6.54 Å². The molecule has 1 aromatic heterocycles. The molecule has 0 bridgehead atoms. The van der Waals surface area contributed by atoms with E-state index in [4.69, 9.17) is 0 Å². The fraction of sp³-hybridized carbons (Fsp3) is 0.158. The zero-order valence-corrected chi connectivity index (χ0v) is 13.4. The molecular formula is C19H14F3N3. The Labute approximate surface area is 142 Å². The van der Waals surface area contributed by atoms with Crippen LogP contribution < -0.4 is 0 Å². The van der Waals surface area contributed by atoms with E-state index in [-0.39, 0.29) is 5.57 Å². The van der Waals surface area contributed by atoms with E-state index in [0.717, 1.165) is 23.2 Å². The van der Waals surface area contributed by atoms with Gasteiger partial charge in [0.1, 0.15) is 6.07 Å². The highest BCUT2D eigenvalue weighted by Gasteiger charge is 2.30. The lowest BCUT2D eigenvalue weighted by Gasteiger charge is -2.08. The van der Waals surface area contributed by atoms with Gasteiger partial charge in [-0.05, 0) is 42.8 Å². The Kier molecular flexibility index (Phi) is 4.32. The van der Waals surface area contributed by atoms with Crippen molar-refractivity contribution in [2.75, 3.05) is 0 Å². The van der Waals surface area contributed by atoms with Gasteiger partial charge in [-0.1, -0.05) is 24.3 Å². The highest BCUT2D eigenvalue weighted by molar-refractivity contribution is 5.91. The van der Waals surface area contributed by atoms with Gasteiger partial charge in [-0.2, -0.15) is 18.4 Å². The van der Waals surface area contributed by atoms with E-state index in [1.807, 2.05) is 35.8 Å². The first kappa shape index (κ1) is 16.8. The van der Waals surface area contributed by atoms with Crippen molar-refractivity contribution in [2.24, 2.45) is 0 Å². The molecule has 0 radical (unpaired) electrons. The number of benzene rings is 2. The molecule has 0 aliphatic rings. The third-order valence-electron chi connectivity index (χ3n) is 3.86. The molecule has 3 nitrogen and oxygen atoms in total. The molecule has 1 heterocycles. The molecule has 0 N–H and O–H groups in total. The number of halogens is 3. The van der Waals surface area contributed by atoms with Crippen molar-refractivity contribution >= 4 is 22.7 Å². The molecule has 0 spiro atoms. The number of alkyl halides is 3. The SMILES string of the molecule is CCn1c(/C(C#N)=C\c2cccc(C(F)(F)F)c2)nc2ccccc21. The lowest BCUT2D eigenvalue weighted by Crippen LogP contribution is -2.04. The first-order chi connectivity index (χ1) is 11.9. The number of rotatable bonds is 3. The van der Waals surface area contributed by atoms with Gasteiger partial charge < -0.3 is 4.57 Å². The van der Waals surface area contributed by atoms with Crippen LogP contribution in [0.15, 0.2) is 48.5 Å². The molecule has 0 aliphatic carbocycles. The number of imidazole rings is 1. The molecule has 3 aromatic rings. The van der Waals surface area contributed by atoms with Crippen LogP contribution in [0.2, 0.25) is 0 Å². The predicted molar refractivity (Wildman–Crippen MR) is 90.3 cm³/mol. The van der Waals surface area contributed by atoms with Crippen LogP contribution >= 0.6 is 0 Å². The van der Waals surface area contributed by atoms with Crippen LogP contribution in [0, 0.1) is 11.3 Å². The number of aromatic nitrogens is 2. The Morgan fingerprint density at radius 3 is 2.64 bits per heavy atom. The second kappa shape index (κ2) is 6.44. The molecular weight excluding hydrogens is 327 g/mol. The third-order valence-corrected chi connectivity index (χ3v) is 3.86. The van der Waals surface area contributed by atoms with E-state index >= 15 is 0 Å². The molecule has 0 aliphatic heterocycles. The molecule has 0 unspecified atom stereocenters. The van der Waals surface area contributed by atoms with Gasteiger partial charge in [-0.15, -0.1) is 0 Å². The number of nitrogens with zero attached hydrogens (tertiary/aromatic N) is 3. The third kappa shape index (κ3) is 3.26. The lowest BCUT2D eigenvalue weighted by molar-refractivity contribution is -0.137. The summed E-state index contributed by atoms with van der Waals surface area (Å²) in [6.07, 6.45) is -2.99. The number of allylic oxidation sites excluding steroid dienone is 1. The molecule has 2 aromatic carbocycles. The molecule has 0 atom stereocenters. The number of hydrogen-bond acceptors (Lipinski definition) is 2. The van der Waals surface area contributed by atoms with Gasteiger partial charge in [0.25, 0.3) is 0 Å². The summed E-state index contributed by atoms with van der Waals surface area (Å²) >= 11 is 0. The number of fused-ring (bicyclic) bond motifs is 1. The van der Waals surface area contributed by atoms with Gasteiger partial charge in [0.15, 0.2) is 5.82 Å². The summed E-state index contributed by atoms with van der Waals surface area (Å²) in [5.74, 6) is 0.448. The molecule has 0 amide bonds. The van der Waals surface area contributed by atoms with Crippen LogP contribution in [-0.4, -0.2) is 9.55 Å². The second-order valence-electron chi connectivity index (χ2n) is 5.46. The van der Waals surface area contributed by atoms with E-state index < -0.39 is 11.7 Å². The zero-order chi connectivity index (χ0) is 18.0. The van der Waals surface area contributed by atoms with Crippen LogP contribution in [0.25, 0.3) is 22.7 Å². The Morgan fingerprint density at radius 1 is 1.20 bits per heavy atom. The van der Waals surface area contributed by atoms with Gasteiger partial charge in [-0.25, -0.2) is 4.98 Å². The molecule has 0 fully saturated rings. The fourth-order valence-corrected chi connectivity index (χ4v) is 2.72. The lowest BCUT2D eigenvalue weighted by atomic mass is 10.1. The maximum atomic E-state index is 12.9. The first-order valence-electron chi connectivity index (χ1n) is 7.68. The molecule has 3 rings (SSSR count). The van der Waals surface area contributed by atoms with Crippen LogP contribution in [0.4, 0.5) is 13.2 Å². The molecule has 6 heteroatoms. The smallest absolute Gasteiger partial charge is 0.324 e. The first-order valence-corrected chi connectivity index (χ1v) is 7.68. The average Bonchev–Trinajstić information content (AvgIpc) is 2.97. The van der Waals surface area contributed by atoms with Gasteiger partial charge in [0.05, 0.1) is 22.2 Å². The number of para-hydroxylation sites is 2. The topological polar surface area (TPSA) is 41.6 Å². The maximum absolute atomic E-state index is 12.9. The summed E-state index contributed by atoms with van der Waals surface area (Å²) in [7, 11) is 0. The summed E-state index contributed by atoms with van der Waals surface area (Å²) in [5, 5.41) is 9.52. The Bertz CT molecular complexity index is 991. The largest absolute Gasteiger partial charge is 0.416 e. The standard InChI is InChI=1S/C19H14F3N3/c1-2-25-17-9-4-3-8-16(17)24-18(25)14(12-23)10-13-6-5-7-15(11-13)19(20,21)22/h3-11H,2H2,1H3/b14-10-.